The molecule has 0 radical (unpaired) electrons. The highest BCUT2D eigenvalue weighted by atomic mass is 16.5. The van der Waals surface area contributed by atoms with E-state index in [1.54, 1.807) is 38.4 Å². The first kappa shape index (κ1) is 20.5. The summed E-state index contributed by atoms with van der Waals surface area (Å²) in [6.07, 6.45) is 0.295. The van der Waals surface area contributed by atoms with Crippen molar-refractivity contribution in [3.63, 3.8) is 0 Å². The van der Waals surface area contributed by atoms with E-state index in [9.17, 15) is 4.79 Å². The fraction of sp³-hybridized carbons (Fsp3) is 0.318. The Balaban J connectivity index is 1.57. The molecular weight excluding hydrogens is 402 g/mol. The molecule has 0 bridgehead atoms. The van der Waals surface area contributed by atoms with Crippen molar-refractivity contribution in [2.75, 3.05) is 39.9 Å². The zero-order valence-electron chi connectivity index (χ0n) is 17.7. The van der Waals surface area contributed by atoms with Crippen LogP contribution in [0.2, 0.25) is 0 Å². The maximum absolute atomic E-state index is 12.6. The average molecular weight is 425 g/mol. The molecule has 1 atom stereocenters. The van der Waals surface area contributed by atoms with E-state index in [4.69, 9.17) is 23.5 Å². The van der Waals surface area contributed by atoms with Crippen molar-refractivity contribution >= 4 is 11.6 Å². The number of aromatic nitrogens is 2. The molecule has 0 spiro atoms. The van der Waals surface area contributed by atoms with Crippen molar-refractivity contribution in [2.45, 2.75) is 12.3 Å². The van der Waals surface area contributed by atoms with Crippen molar-refractivity contribution < 1.29 is 28.3 Å². The van der Waals surface area contributed by atoms with Gasteiger partial charge in [-0.3, -0.25) is 4.79 Å². The third-order valence-corrected chi connectivity index (χ3v) is 5.22. The van der Waals surface area contributed by atoms with Gasteiger partial charge in [-0.15, -0.1) is 0 Å². The van der Waals surface area contributed by atoms with Crippen molar-refractivity contribution in [2.24, 2.45) is 0 Å². The first-order valence-electron chi connectivity index (χ1n) is 9.66. The zero-order chi connectivity index (χ0) is 22.0. The number of methoxy groups -OCH3 is 4. The lowest BCUT2D eigenvalue weighted by Gasteiger charge is -2.16. The number of hydrogen-bond acceptors (Lipinski definition) is 8. The SMILES string of the molecule is COc1ccc(N2C[C@H](c3nc(-c4cc(OC)c(OC)c(OC)c4)no3)CC2=O)cc1. The highest BCUT2D eigenvalue weighted by molar-refractivity contribution is 5.96. The molecule has 1 aromatic heterocycles. The normalized spacial score (nSPS) is 15.8. The number of nitrogens with zero attached hydrogens (tertiary/aromatic N) is 3. The standard InChI is InChI=1S/C22H23N3O6/c1-27-16-7-5-15(6-8-16)25-12-14(11-19(25)26)22-23-21(24-31-22)13-9-17(28-2)20(30-4)18(10-13)29-3/h5-10,14H,11-12H2,1-4H3/t14-/m1/s1. The molecule has 2 aromatic carbocycles. The van der Waals surface area contributed by atoms with E-state index in [1.807, 2.05) is 24.3 Å². The Morgan fingerprint density at radius 3 is 2.23 bits per heavy atom. The van der Waals surface area contributed by atoms with Gasteiger partial charge in [-0.2, -0.15) is 4.98 Å². The minimum absolute atomic E-state index is 0.00250. The van der Waals surface area contributed by atoms with E-state index in [0.717, 1.165) is 11.4 Å². The molecule has 4 rings (SSSR count). The van der Waals surface area contributed by atoms with Crippen LogP contribution in [0.4, 0.5) is 5.69 Å². The van der Waals surface area contributed by atoms with Crippen LogP contribution in [-0.2, 0) is 4.79 Å². The van der Waals surface area contributed by atoms with Gasteiger partial charge in [0.1, 0.15) is 5.75 Å². The first-order valence-corrected chi connectivity index (χ1v) is 9.66. The fourth-order valence-corrected chi connectivity index (χ4v) is 3.61. The van der Waals surface area contributed by atoms with Crippen LogP contribution in [0.15, 0.2) is 40.9 Å². The Labute approximate surface area is 179 Å². The lowest BCUT2D eigenvalue weighted by molar-refractivity contribution is -0.117. The van der Waals surface area contributed by atoms with Crippen LogP contribution >= 0.6 is 0 Å². The van der Waals surface area contributed by atoms with Crippen molar-refractivity contribution in [3.8, 4) is 34.4 Å². The fourth-order valence-electron chi connectivity index (χ4n) is 3.61. The van der Waals surface area contributed by atoms with Gasteiger partial charge in [0.05, 0.1) is 34.4 Å². The highest BCUT2D eigenvalue weighted by Gasteiger charge is 2.35. The Morgan fingerprint density at radius 1 is 0.968 bits per heavy atom. The number of carbonyl (C=O) groups is 1. The molecule has 1 saturated heterocycles. The second-order valence-electron chi connectivity index (χ2n) is 6.97. The highest BCUT2D eigenvalue weighted by Crippen LogP contribution is 2.41. The second kappa shape index (κ2) is 8.55. The maximum Gasteiger partial charge on any atom is 0.232 e. The third-order valence-electron chi connectivity index (χ3n) is 5.22. The van der Waals surface area contributed by atoms with Gasteiger partial charge < -0.3 is 28.4 Å². The number of amides is 1. The Bertz CT molecular complexity index is 1050. The number of carbonyl (C=O) groups excluding carboxylic acids is 1. The van der Waals surface area contributed by atoms with Crippen LogP contribution in [0.1, 0.15) is 18.2 Å². The summed E-state index contributed by atoms with van der Waals surface area (Å²) in [5.41, 5.74) is 1.46. The van der Waals surface area contributed by atoms with E-state index in [0.29, 0.717) is 47.5 Å². The van der Waals surface area contributed by atoms with Crippen LogP contribution < -0.4 is 23.8 Å². The summed E-state index contributed by atoms with van der Waals surface area (Å²) in [7, 11) is 6.23. The molecule has 1 fully saturated rings. The second-order valence-corrected chi connectivity index (χ2v) is 6.97. The molecule has 2 heterocycles. The summed E-state index contributed by atoms with van der Waals surface area (Å²) in [6, 6.07) is 10.9. The maximum atomic E-state index is 12.6. The van der Waals surface area contributed by atoms with Crippen molar-refractivity contribution in [1.29, 1.82) is 0 Å². The molecule has 0 N–H and O–H groups in total. The number of rotatable bonds is 7. The molecule has 3 aromatic rings. The number of hydrogen-bond donors (Lipinski definition) is 0. The van der Waals surface area contributed by atoms with Crippen LogP contribution in [-0.4, -0.2) is 51.0 Å². The first-order chi connectivity index (χ1) is 15.1. The van der Waals surface area contributed by atoms with Crippen LogP contribution in [0.5, 0.6) is 23.0 Å². The molecule has 9 nitrogen and oxygen atoms in total. The topological polar surface area (TPSA) is 96.2 Å². The average Bonchev–Trinajstić information content (AvgIpc) is 3.45. The molecule has 0 aliphatic carbocycles. The number of benzene rings is 2. The van der Waals surface area contributed by atoms with Gasteiger partial charge in [0.2, 0.25) is 23.4 Å². The molecule has 1 amide bonds. The Hall–Kier alpha value is -3.75. The lowest BCUT2D eigenvalue weighted by atomic mass is 10.1. The Kier molecular flexibility index (Phi) is 5.66. The summed E-state index contributed by atoms with van der Waals surface area (Å²) >= 11 is 0. The number of ether oxygens (including phenoxy) is 4. The minimum atomic E-state index is -0.196. The van der Waals surface area contributed by atoms with E-state index in [1.165, 1.54) is 7.11 Å². The summed E-state index contributed by atoms with van der Waals surface area (Å²) in [4.78, 5) is 18.8. The van der Waals surface area contributed by atoms with Gasteiger partial charge in [-0.25, -0.2) is 0 Å². The van der Waals surface area contributed by atoms with Gasteiger partial charge in [-0.05, 0) is 36.4 Å². The minimum Gasteiger partial charge on any atom is -0.497 e. The quantitative estimate of drug-likeness (QED) is 0.569. The molecule has 1 aliphatic rings. The van der Waals surface area contributed by atoms with Gasteiger partial charge >= 0.3 is 0 Å². The smallest absolute Gasteiger partial charge is 0.232 e. The van der Waals surface area contributed by atoms with E-state index < -0.39 is 0 Å². The van der Waals surface area contributed by atoms with Crippen molar-refractivity contribution in [1.82, 2.24) is 10.1 Å². The van der Waals surface area contributed by atoms with Gasteiger partial charge in [-0.1, -0.05) is 5.16 Å². The van der Waals surface area contributed by atoms with Crippen LogP contribution in [0, 0.1) is 0 Å². The largest absolute Gasteiger partial charge is 0.497 e. The predicted octanol–water partition coefficient (Wildman–Crippen LogP) is 3.29. The Morgan fingerprint density at radius 2 is 1.65 bits per heavy atom. The van der Waals surface area contributed by atoms with Gasteiger partial charge in [0.15, 0.2) is 11.5 Å². The molecule has 9 heteroatoms. The molecule has 162 valence electrons. The predicted molar refractivity (Wildman–Crippen MR) is 112 cm³/mol. The number of anilines is 1. The van der Waals surface area contributed by atoms with Crippen molar-refractivity contribution in [3.05, 3.63) is 42.3 Å². The van der Waals surface area contributed by atoms with Crippen LogP contribution in [0.25, 0.3) is 11.4 Å². The third kappa shape index (κ3) is 3.86. The van der Waals surface area contributed by atoms with E-state index in [2.05, 4.69) is 10.1 Å². The van der Waals surface area contributed by atoms with Gasteiger partial charge in [0.25, 0.3) is 0 Å². The summed E-state index contributed by atoms with van der Waals surface area (Å²) in [6.45, 7) is 0.460. The molecule has 31 heavy (non-hydrogen) atoms. The van der Waals surface area contributed by atoms with Gasteiger partial charge in [0, 0.05) is 24.2 Å². The zero-order valence-corrected chi connectivity index (χ0v) is 17.7. The lowest BCUT2D eigenvalue weighted by Crippen LogP contribution is -2.24. The molecule has 0 unspecified atom stereocenters. The molecular formula is C22H23N3O6. The van der Waals surface area contributed by atoms with E-state index in [-0.39, 0.29) is 11.8 Å². The molecule has 1 aliphatic heterocycles. The summed E-state index contributed by atoms with van der Waals surface area (Å²) in [5, 5.41) is 4.10. The molecule has 0 saturated carbocycles. The monoisotopic (exact) mass is 425 g/mol. The summed E-state index contributed by atoms with van der Waals surface area (Å²) < 4.78 is 26.8. The van der Waals surface area contributed by atoms with E-state index >= 15 is 0 Å². The van der Waals surface area contributed by atoms with Crippen LogP contribution in [0.3, 0.4) is 0 Å². The summed E-state index contributed by atoms with van der Waals surface area (Å²) in [5.74, 6) is 2.79.